The smallest absolute Gasteiger partial charge is 0.336 e. The number of carbonyl (C=O) groups excluding carboxylic acids is 4. The summed E-state index contributed by atoms with van der Waals surface area (Å²) in [6, 6.07) is 14.5. The van der Waals surface area contributed by atoms with Gasteiger partial charge >= 0.3 is 11.9 Å². The topological polar surface area (TPSA) is 102 Å². The van der Waals surface area contributed by atoms with E-state index in [0.717, 1.165) is 11.1 Å². The van der Waals surface area contributed by atoms with E-state index in [9.17, 15) is 19.2 Å². The van der Waals surface area contributed by atoms with Crippen LogP contribution in [-0.4, -0.2) is 54.6 Å². The second kappa shape index (κ2) is 12.0. The number of esters is 2. The lowest BCUT2D eigenvalue weighted by molar-refractivity contribution is -0.144. The fourth-order valence-electron chi connectivity index (χ4n) is 5.10. The molecule has 0 spiro atoms. The Bertz CT molecular complexity index is 1370. The van der Waals surface area contributed by atoms with Gasteiger partial charge in [0.1, 0.15) is 5.92 Å². The summed E-state index contributed by atoms with van der Waals surface area (Å²) < 4.78 is 10.7. The van der Waals surface area contributed by atoms with Crippen LogP contribution in [0.4, 0.5) is 0 Å². The number of hydrogen-bond acceptors (Lipinski definition) is 7. The van der Waals surface area contributed by atoms with Gasteiger partial charge < -0.3 is 9.47 Å². The third-order valence-electron chi connectivity index (χ3n) is 6.99. The molecule has 39 heavy (non-hydrogen) atoms. The van der Waals surface area contributed by atoms with Gasteiger partial charge in [-0.25, -0.2) is 4.79 Å². The molecule has 2 aromatic carbocycles. The lowest BCUT2D eigenvalue weighted by Gasteiger charge is -2.31. The van der Waals surface area contributed by atoms with Crippen molar-refractivity contribution >= 4 is 29.5 Å². The lowest BCUT2D eigenvalue weighted by Crippen LogP contribution is -2.36. The molecule has 2 aliphatic heterocycles. The SMILES string of the molecule is COC(=O)C1C(C)=NC(C)=C(C(=O)OCCCC=CCN2C(=O)c3ccccc3C2=O)C1c1cccc(C)c1. The van der Waals surface area contributed by atoms with Crippen molar-refractivity contribution in [1.82, 2.24) is 4.90 Å². The largest absolute Gasteiger partial charge is 0.468 e. The first-order valence-electron chi connectivity index (χ1n) is 12.9. The van der Waals surface area contributed by atoms with Gasteiger partial charge in [-0.1, -0.05) is 54.1 Å². The second-order valence-corrected chi connectivity index (χ2v) is 9.66. The number of nitrogens with zero attached hydrogens (tertiary/aromatic N) is 2. The number of unbranched alkanes of at least 4 members (excludes halogenated alkanes) is 1. The molecule has 0 fully saturated rings. The Hall–Kier alpha value is -4.33. The first kappa shape index (κ1) is 27.7. The Balaban J connectivity index is 1.37. The van der Waals surface area contributed by atoms with Crippen molar-refractivity contribution in [3.05, 3.63) is 94.2 Å². The van der Waals surface area contributed by atoms with Crippen LogP contribution in [0, 0.1) is 12.8 Å². The van der Waals surface area contributed by atoms with Crippen LogP contribution in [0.15, 0.2) is 76.9 Å². The maximum Gasteiger partial charge on any atom is 0.336 e. The molecule has 0 bridgehead atoms. The van der Waals surface area contributed by atoms with E-state index in [1.54, 1.807) is 44.2 Å². The van der Waals surface area contributed by atoms with Gasteiger partial charge in [0.25, 0.3) is 11.8 Å². The quantitative estimate of drug-likeness (QED) is 0.201. The fourth-order valence-corrected chi connectivity index (χ4v) is 5.10. The van der Waals surface area contributed by atoms with Crippen LogP contribution in [0.25, 0.3) is 0 Å². The van der Waals surface area contributed by atoms with Crippen LogP contribution in [0.2, 0.25) is 0 Å². The summed E-state index contributed by atoms with van der Waals surface area (Å²) in [5.41, 5.74) is 4.14. The van der Waals surface area contributed by atoms with E-state index in [0.29, 0.717) is 41.0 Å². The zero-order valence-electron chi connectivity index (χ0n) is 22.6. The monoisotopic (exact) mass is 528 g/mol. The third-order valence-corrected chi connectivity index (χ3v) is 6.99. The number of aryl methyl sites for hydroxylation is 1. The number of amides is 2. The van der Waals surface area contributed by atoms with Crippen molar-refractivity contribution < 1.29 is 28.7 Å². The van der Waals surface area contributed by atoms with Crippen LogP contribution >= 0.6 is 0 Å². The molecule has 0 radical (unpaired) electrons. The number of ether oxygens (including phenoxy) is 2. The zero-order valence-corrected chi connectivity index (χ0v) is 22.6. The summed E-state index contributed by atoms with van der Waals surface area (Å²) in [4.78, 5) is 56.6. The fraction of sp³-hybridized carbons (Fsp3) is 0.323. The highest BCUT2D eigenvalue weighted by atomic mass is 16.5. The maximum atomic E-state index is 13.3. The van der Waals surface area contributed by atoms with Crippen molar-refractivity contribution in [2.45, 2.75) is 39.5 Å². The highest BCUT2D eigenvalue weighted by Crippen LogP contribution is 2.40. The average molecular weight is 529 g/mol. The number of rotatable bonds is 9. The lowest BCUT2D eigenvalue weighted by atomic mass is 9.75. The molecule has 202 valence electrons. The molecule has 0 saturated heterocycles. The number of carbonyl (C=O) groups is 4. The van der Waals surface area contributed by atoms with Gasteiger partial charge in [-0.2, -0.15) is 0 Å². The van der Waals surface area contributed by atoms with Crippen LogP contribution in [0.3, 0.4) is 0 Å². The number of hydrogen-bond donors (Lipinski definition) is 0. The summed E-state index contributed by atoms with van der Waals surface area (Å²) in [5, 5.41) is 0. The van der Waals surface area contributed by atoms with Crippen LogP contribution in [0.5, 0.6) is 0 Å². The van der Waals surface area contributed by atoms with E-state index in [4.69, 9.17) is 9.47 Å². The van der Waals surface area contributed by atoms with Gasteiger partial charge in [0.2, 0.25) is 0 Å². The molecule has 0 aliphatic carbocycles. The van der Waals surface area contributed by atoms with Crippen molar-refractivity contribution in [3.63, 3.8) is 0 Å². The Kier molecular flexibility index (Phi) is 8.54. The molecule has 8 nitrogen and oxygen atoms in total. The number of methoxy groups -OCH3 is 1. The molecule has 4 rings (SSSR count). The van der Waals surface area contributed by atoms with Gasteiger partial charge in [-0.15, -0.1) is 0 Å². The molecular formula is C31H32N2O6. The van der Waals surface area contributed by atoms with Crippen molar-refractivity contribution in [2.75, 3.05) is 20.3 Å². The Labute approximate surface area is 228 Å². The minimum Gasteiger partial charge on any atom is -0.468 e. The van der Waals surface area contributed by atoms with Crippen molar-refractivity contribution in [3.8, 4) is 0 Å². The van der Waals surface area contributed by atoms with Gasteiger partial charge in [-0.3, -0.25) is 24.3 Å². The summed E-state index contributed by atoms with van der Waals surface area (Å²) in [6.07, 6.45) is 4.77. The van der Waals surface area contributed by atoms with Crippen LogP contribution in [-0.2, 0) is 19.1 Å². The Morgan fingerprint density at radius 2 is 1.67 bits per heavy atom. The minimum absolute atomic E-state index is 0.166. The molecule has 2 aromatic rings. The highest BCUT2D eigenvalue weighted by Gasteiger charge is 2.42. The molecule has 2 aliphatic rings. The third kappa shape index (κ3) is 5.74. The Morgan fingerprint density at radius 3 is 2.31 bits per heavy atom. The molecule has 0 N–H and O–H groups in total. The predicted octanol–water partition coefficient (Wildman–Crippen LogP) is 4.79. The van der Waals surface area contributed by atoms with Gasteiger partial charge in [0.05, 0.1) is 30.4 Å². The van der Waals surface area contributed by atoms with Crippen LogP contribution < -0.4 is 0 Å². The molecule has 2 unspecified atom stereocenters. The minimum atomic E-state index is -0.729. The van der Waals surface area contributed by atoms with Crippen molar-refractivity contribution in [1.29, 1.82) is 0 Å². The summed E-state index contributed by atoms with van der Waals surface area (Å²) in [5.74, 6) is -2.86. The first-order chi connectivity index (χ1) is 18.7. The molecular weight excluding hydrogens is 496 g/mol. The van der Waals surface area contributed by atoms with E-state index in [1.807, 2.05) is 37.3 Å². The number of imide groups is 1. The first-order valence-corrected chi connectivity index (χ1v) is 12.9. The van der Waals surface area contributed by atoms with Gasteiger partial charge in [0.15, 0.2) is 0 Å². The van der Waals surface area contributed by atoms with Gasteiger partial charge in [0, 0.05) is 23.9 Å². The number of allylic oxidation sites excluding steroid dienone is 2. The molecule has 0 saturated carbocycles. The van der Waals surface area contributed by atoms with Crippen molar-refractivity contribution in [2.24, 2.45) is 10.9 Å². The summed E-state index contributed by atoms with van der Waals surface area (Å²) in [6.45, 7) is 5.82. The summed E-state index contributed by atoms with van der Waals surface area (Å²) in [7, 11) is 1.33. The van der Waals surface area contributed by atoms with E-state index in [2.05, 4.69) is 4.99 Å². The van der Waals surface area contributed by atoms with Gasteiger partial charge in [-0.05, 0) is 51.3 Å². The van der Waals surface area contributed by atoms with E-state index >= 15 is 0 Å². The van der Waals surface area contributed by atoms with E-state index < -0.39 is 23.8 Å². The molecule has 0 aromatic heterocycles. The zero-order chi connectivity index (χ0) is 28.1. The molecule has 2 heterocycles. The Morgan fingerprint density at radius 1 is 0.974 bits per heavy atom. The highest BCUT2D eigenvalue weighted by molar-refractivity contribution is 6.21. The van der Waals surface area contributed by atoms with E-state index in [-0.39, 0.29) is 25.0 Å². The van der Waals surface area contributed by atoms with E-state index in [1.165, 1.54) is 12.0 Å². The molecule has 2 amide bonds. The molecule has 2 atom stereocenters. The number of aliphatic imine (C=N–C) groups is 1. The number of fused-ring (bicyclic) bond motifs is 1. The maximum absolute atomic E-state index is 13.3. The predicted molar refractivity (Wildman–Crippen MR) is 146 cm³/mol. The molecule has 8 heteroatoms. The standard InChI is InChI=1S/C31H32N2O6/c1-19-12-11-13-22(18-19)27-25(30(36)38-4)20(2)32-21(3)26(27)31(37)39-17-10-6-5-9-16-33-28(34)23-14-7-8-15-24(23)29(33)35/h5,7-9,11-15,18,25,27H,6,10,16-17H2,1-4H3. The normalized spacial score (nSPS) is 18.9. The second-order valence-electron chi connectivity index (χ2n) is 9.66. The van der Waals surface area contributed by atoms with Crippen LogP contribution in [0.1, 0.15) is 64.4 Å². The average Bonchev–Trinajstić information content (AvgIpc) is 3.16. The summed E-state index contributed by atoms with van der Waals surface area (Å²) >= 11 is 0. The number of benzene rings is 2.